The number of rotatable bonds is 3. The Morgan fingerprint density at radius 2 is 1.48 bits per heavy atom. The van der Waals surface area contributed by atoms with Gasteiger partial charge in [0.25, 0.3) is 15.7 Å². The molecule has 0 saturated carbocycles. The van der Waals surface area contributed by atoms with Crippen LogP contribution in [0.4, 0.5) is 26.3 Å². The van der Waals surface area contributed by atoms with Crippen molar-refractivity contribution in [3.63, 3.8) is 0 Å². The monoisotopic (exact) mass is 470 g/mol. The summed E-state index contributed by atoms with van der Waals surface area (Å²) in [6.45, 7) is 6.83. The zero-order chi connectivity index (χ0) is 23.0. The fourth-order valence-corrected chi connectivity index (χ4v) is 3.32. The van der Waals surface area contributed by atoms with Crippen molar-refractivity contribution >= 4 is 31.0 Å². The molecule has 1 heterocycles. The summed E-state index contributed by atoms with van der Waals surface area (Å²) in [5.41, 5.74) is -9.73. The van der Waals surface area contributed by atoms with Crippen molar-refractivity contribution in [3.8, 4) is 0 Å². The van der Waals surface area contributed by atoms with Crippen LogP contribution < -0.4 is 4.57 Å². The zero-order valence-electron chi connectivity index (χ0n) is 15.2. The predicted octanol–water partition coefficient (Wildman–Crippen LogP) is 2.62. The van der Waals surface area contributed by atoms with E-state index in [4.69, 9.17) is 13.0 Å². The van der Waals surface area contributed by atoms with Gasteiger partial charge in [-0.1, -0.05) is 0 Å². The first kappa shape index (κ1) is 25.2. The molecule has 0 aliphatic carbocycles. The van der Waals surface area contributed by atoms with E-state index in [9.17, 15) is 34.8 Å². The van der Waals surface area contributed by atoms with Crippen LogP contribution in [0, 0.1) is 6.92 Å². The summed E-state index contributed by atoms with van der Waals surface area (Å²) in [5, 5.41) is 0. The Morgan fingerprint density at radius 3 is 1.83 bits per heavy atom. The Hall–Kier alpha value is -1.87. The molecule has 1 aromatic carbocycles. The highest BCUT2D eigenvalue weighted by Gasteiger charge is 2.47. The molecule has 1 aromatic heterocycles. The topological polar surface area (TPSA) is 100 Å². The molecule has 0 unspecified atom stereocenters. The second-order valence-corrected chi connectivity index (χ2v) is 8.85. The number of imidazole rings is 1. The number of benzene rings is 1. The highest BCUT2D eigenvalue weighted by atomic mass is 32.2. The van der Waals surface area contributed by atoms with Crippen LogP contribution in [0.1, 0.15) is 19.7 Å². The van der Waals surface area contributed by atoms with Gasteiger partial charge in [-0.3, -0.25) is 0 Å². The quantitative estimate of drug-likeness (QED) is 0.297. The number of alkyl halides is 6. The molecule has 0 aliphatic rings. The van der Waals surface area contributed by atoms with Crippen LogP contribution in [-0.2, 0) is 33.0 Å². The summed E-state index contributed by atoms with van der Waals surface area (Å²) in [6, 6.07) is 3.54. The number of hydrogen-bond acceptors (Lipinski definition) is 5. The third-order valence-electron chi connectivity index (χ3n) is 3.84. The maximum absolute atomic E-state index is 12.7. The standard InChI is InChI=1S/C13H16F3N2O2S.CHF3O3S/c1-4-17-9(3)18(5-2)12-8-10(6-7-11(12)17)21(19,20)13(14,15)16;2-1(3,4)8(5,6)7/h6-8H,4-5H2,1-3H3;(H,5,6,7)/q+1;/p-1. The van der Waals surface area contributed by atoms with Crippen molar-refractivity contribution in [2.45, 2.75) is 49.8 Å². The normalized spacial score (nSPS) is 13.3. The lowest BCUT2D eigenvalue weighted by Crippen LogP contribution is -2.35. The lowest BCUT2D eigenvalue weighted by Gasteiger charge is -2.08. The number of halogens is 6. The lowest BCUT2D eigenvalue weighted by atomic mass is 10.3. The van der Waals surface area contributed by atoms with E-state index in [0.717, 1.165) is 23.5 Å². The first-order valence-corrected chi connectivity index (χ1v) is 10.7. The van der Waals surface area contributed by atoms with E-state index in [1.165, 1.54) is 6.07 Å². The van der Waals surface area contributed by atoms with Gasteiger partial charge in [0.2, 0.25) is 0 Å². The van der Waals surface area contributed by atoms with Crippen LogP contribution in [0.25, 0.3) is 11.0 Å². The summed E-state index contributed by atoms with van der Waals surface area (Å²) in [6.07, 6.45) is 0. The van der Waals surface area contributed by atoms with Gasteiger partial charge in [-0.05, 0) is 26.0 Å². The van der Waals surface area contributed by atoms with E-state index >= 15 is 0 Å². The van der Waals surface area contributed by atoms with E-state index in [2.05, 4.69) is 0 Å². The molecule has 15 heteroatoms. The average Bonchev–Trinajstić information content (AvgIpc) is 2.82. The van der Waals surface area contributed by atoms with Crippen LogP contribution in [0.3, 0.4) is 0 Å². The van der Waals surface area contributed by atoms with Gasteiger partial charge in [0.1, 0.15) is 0 Å². The maximum atomic E-state index is 12.7. The summed E-state index contributed by atoms with van der Waals surface area (Å²) in [4.78, 5) is -0.724. The van der Waals surface area contributed by atoms with Crippen LogP contribution in [0.15, 0.2) is 23.1 Å². The van der Waals surface area contributed by atoms with Gasteiger partial charge >= 0.3 is 11.0 Å². The molecule has 2 aromatic rings. The van der Waals surface area contributed by atoms with Crippen molar-refractivity contribution in [3.05, 3.63) is 24.0 Å². The molecule has 0 bridgehead atoms. The Kier molecular flexibility index (Phi) is 7.03. The van der Waals surface area contributed by atoms with Crippen LogP contribution in [0.2, 0.25) is 0 Å². The van der Waals surface area contributed by atoms with Gasteiger partial charge < -0.3 is 4.55 Å². The molecule has 166 valence electrons. The third kappa shape index (κ3) is 5.01. The Balaban J connectivity index is 0.000000447. The molecule has 0 saturated heterocycles. The van der Waals surface area contributed by atoms with Crippen LogP contribution in [-0.4, -0.2) is 37.0 Å². The number of nitrogens with zero attached hydrogens (tertiary/aromatic N) is 2. The maximum Gasteiger partial charge on any atom is 0.501 e. The minimum absolute atomic E-state index is 0.488. The molecule has 0 radical (unpaired) electrons. The second kappa shape index (κ2) is 8.10. The molecule has 7 nitrogen and oxygen atoms in total. The number of aryl methyl sites for hydroxylation is 2. The number of sulfone groups is 1. The summed E-state index contributed by atoms with van der Waals surface area (Å²) < 4.78 is 124. The Morgan fingerprint density at radius 1 is 1.00 bits per heavy atom. The fourth-order valence-electron chi connectivity index (χ4n) is 2.54. The van der Waals surface area contributed by atoms with E-state index in [1.807, 2.05) is 25.3 Å². The average molecular weight is 470 g/mol. The molecule has 0 N–H and O–H groups in total. The number of fused-ring (bicyclic) bond motifs is 1. The number of aromatic nitrogens is 2. The van der Waals surface area contributed by atoms with Crippen molar-refractivity contribution in [1.82, 2.24) is 4.57 Å². The van der Waals surface area contributed by atoms with Gasteiger partial charge in [0.15, 0.2) is 21.2 Å². The molecule has 0 spiro atoms. The highest BCUT2D eigenvalue weighted by Crippen LogP contribution is 2.31. The first-order chi connectivity index (χ1) is 12.9. The Labute approximate surface area is 162 Å². The van der Waals surface area contributed by atoms with Crippen molar-refractivity contribution < 1.29 is 52.3 Å². The second-order valence-electron chi connectivity index (χ2n) is 5.54. The first-order valence-electron chi connectivity index (χ1n) is 7.76. The van der Waals surface area contributed by atoms with Crippen molar-refractivity contribution in [2.75, 3.05) is 0 Å². The van der Waals surface area contributed by atoms with Crippen molar-refractivity contribution in [1.29, 1.82) is 0 Å². The highest BCUT2D eigenvalue weighted by molar-refractivity contribution is 7.92. The van der Waals surface area contributed by atoms with Crippen molar-refractivity contribution in [2.24, 2.45) is 0 Å². The largest absolute Gasteiger partial charge is 0.741 e. The number of hydrogen-bond donors (Lipinski definition) is 0. The van der Waals surface area contributed by atoms with E-state index in [1.54, 1.807) is 4.57 Å². The van der Waals surface area contributed by atoms with Crippen LogP contribution >= 0.6 is 0 Å². The lowest BCUT2D eigenvalue weighted by molar-refractivity contribution is -0.674. The molecular formula is C14H16F6N2O5S2. The smallest absolute Gasteiger partial charge is 0.501 e. The van der Waals surface area contributed by atoms with E-state index in [-0.39, 0.29) is 0 Å². The van der Waals surface area contributed by atoms with E-state index in [0.29, 0.717) is 18.6 Å². The fraction of sp³-hybridized carbons (Fsp3) is 0.500. The van der Waals surface area contributed by atoms with E-state index < -0.39 is 35.9 Å². The minimum atomic E-state index is -6.09. The molecule has 0 aliphatic heterocycles. The third-order valence-corrected chi connectivity index (χ3v) is 5.89. The Bertz CT molecular complexity index is 1100. The molecule has 0 fully saturated rings. The zero-order valence-corrected chi connectivity index (χ0v) is 16.8. The summed E-state index contributed by atoms with van der Waals surface area (Å²) in [5.74, 6) is 0.872. The van der Waals surface area contributed by atoms with Crippen LogP contribution in [0.5, 0.6) is 0 Å². The minimum Gasteiger partial charge on any atom is -0.741 e. The van der Waals surface area contributed by atoms with Gasteiger partial charge in [-0.25, -0.2) is 26.0 Å². The predicted molar refractivity (Wildman–Crippen MR) is 87.2 cm³/mol. The summed E-state index contributed by atoms with van der Waals surface area (Å²) >= 11 is 0. The van der Waals surface area contributed by atoms with Gasteiger partial charge in [-0.2, -0.15) is 26.3 Å². The molecular weight excluding hydrogens is 454 g/mol. The van der Waals surface area contributed by atoms with Gasteiger partial charge in [0.05, 0.1) is 18.0 Å². The van der Waals surface area contributed by atoms with Gasteiger partial charge in [-0.15, -0.1) is 0 Å². The molecule has 29 heavy (non-hydrogen) atoms. The molecule has 0 atom stereocenters. The molecule has 0 amide bonds. The summed E-state index contributed by atoms with van der Waals surface area (Å²) in [7, 11) is -11.4. The molecule has 2 rings (SSSR count). The SMILES string of the molecule is CCn1c(C)[n+](CC)c2ccc(S(=O)(=O)C(F)(F)F)cc21.O=S(=O)([O-])C(F)(F)F. The van der Waals surface area contributed by atoms with Gasteiger partial charge in [0, 0.05) is 13.0 Å².